The minimum atomic E-state index is 0. The van der Waals surface area contributed by atoms with Crippen LogP contribution >= 0.6 is 17.0 Å². The molecule has 1 unspecified atom stereocenters. The Bertz CT molecular complexity index is 614. The molecule has 0 amide bonds. The number of piperidine rings is 1. The number of hydrogen-bond donors (Lipinski definition) is 0. The van der Waals surface area contributed by atoms with Crippen molar-refractivity contribution in [3.05, 3.63) is 29.3 Å². The smallest absolute Gasteiger partial charge is 0.119 e. The fourth-order valence-corrected chi connectivity index (χ4v) is 6.05. The normalized spacial score (nSPS) is 34.7. The number of hydrogen-bond acceptors (Lipinski definition) is 2. The van der Waals surface area contributed by atoms with E-state index in [1.165, 1.54) is 64.5 Å². The molecule has 24 heavy (non-hydrogen) atoms. The quantitative estimate of drug-likeness (QED) is 0.737. The van der Waals surface area contributed by atoms with E-state index >= 15 is 0 Å². The van der Waals surface area contributed by atoms with E-state index < -0.39 is 0 Å². The molecular formula is C21H30BrNO. The van der Waals surface area contributed by atoms with E-state index in [1.54, 1.807) is 11.1 Å². The molecule has 3 atom stereocenters. The highest BCUT2D eigenvalue weighted by molar-refractivity contribution is 8.93. The van der Waals surface area contributed by atoms with E-state index in [1.807, 2.05) is 7.11 Å². The first kappa shape index (κ1) is 16.9. The third-order valence-corrected chi connectivity index (χ3v) is 7.35. The highest BCUT2D eigenvalue weighted by Crippen LogP contribution is 2.56. The van der Waals surface area contributed by atoms with Crippen LogP contribution in [-0.2, 0) is 11.8 Å². The molecule has 0 radical (unpaired) electrons. The van der Waals surface area contributed by atoms with Crippen molar-refractivity contribution >= 4 is 17.0 Å². The van der Waals surface area contributed by atoms with Crippen molar-refractivity contribution in [3.8, 4) is 5.75 Å². The summed E-state index contributed by atoms with van der Waals surface area (Å²) in [4.78, 5) is 2.89. The molecule has 3 heteroatoms. The number of likely N-dealkylation sites (tertiary alicyclic amines) is 1. The van der Waals surface area contributed by atoms with Crippen LogP contribution in [0.5, 0.6) is 5.75 Å². The first-order valence-electron chi connectivity index (χ1n) is 9.71. The topological polar surface area (TPSA) is 12.5 Å². The predicted molar refractivity (Wildman–Crippen MR) is 103 cm³/mol. The molecule has 5 rings (SSSR count). The summed E-state index contributed by atoms with van der Waals surface area (Å²) in [7, 11) is 1.81. The first-order chi connectivity index (χ1) is 11.3. The van der Waals surface area contributed by atoms with Gasteiger partial charge < -0.3 is 4.74 Å². The zero-order valence-corrected chi connectivity index (χ0v) is 16.5. The maximum absolute atomic E-state index is 5.57. The Morgan fingerprint density at radius 2 is 2.04 bits per heavy atom. The van der Waals surface area contributed by atoms with Gasteiger partial charge in [0.15, 0.2) is 0 Å². The number of fused-ring (bicyclic) bond motifs is 1. The van der Waals surface area contributed by atoms with Gasteiger partial charge in [-0.25, -0.2) is 0 Å². The Hall–Kier alpha value is -0.540. The number of ether oxygens (including phenoxy) is 1. The number of methoxy groups -OCH3 is 1. The van der Waals surface area contributed by atoms with Gasteiger partial charge in [-0.15, -0.1) is 17.0 Å². The number of rotatable bonds is 3. The van der Waals surface area contributed by atoms with Gasteiger partial charge in [0.25, 0.3) is 0 Å². The van der Waals surface area contributed by atoms with Crippen molar-refractivity contribution in [2.45, 2.75) is 62.8 Å². The second kappa shape index (κ2) is 6.32. The molecule has 1 aromatic rings. The number of nitrogens with zero attached hydrogens (tertiary/aromatic N) is 1. The van der Waals surface area contributed by atoms with E-state index in [-0.39, 0.29) is 17.0 Å². The van der Waals surface area contributed by atoms with Gasteiger partial charge in [0.05, 0.1) is 7.11 Å². The molecule has 1 saturated heterocycles. The van der Waals surface area contributed by atoms with Crippen LogP contribution < -0.4 is 4.74 Å². The zero-order chi connectivity index (χ0) is 15.4. The molecule has 2 bridgehead atoms. The summed E-state index contributed by atoms with van der Waals surface area (Å²) in [6.07, 6.45) is 11.3. The van der Waals surface area contributed by atoms with E-state index in [0.29, 0.717) is 5.41 Å². The largest absolute Gasteiger partial charge is 0.497 e. The van der Waals surface area contributed by atoms with Crippen LogP contribution in [0.1, 0.15) is 56.1 Å². The van der Waals surface area contributed by atoms with Crippen LogP contribution in [0.25, 0.3) is 0 Å². The van der Waals surface area contributed by atoms with Crippen LogP contribution in [0, 0.1) is 11.8 Å². The van der Waals surface area contributed by atoms with Gasteiger partial charge in [-0.1, -0.05) is 18.9 Å². The van der Waals surface area contributed by atoms with Crippen LogP contribution in [-0.4, -0.2) is 31.1 Å². The predicted octanol–water partition coefficient (Wildman–Crippen LogP) is 4.74. The van der Waals surface area contributed by atoms with Crippen LogP contribution in [0.2, 0.25) is 0 Å². The zero-order valence-electron chi connectivity index (χ0n) is 14.8. The maximum atomic E-state index is 5.57. The van der Waals surface area contributed by atoms with Crippen molar-refractivity contribution < 1.29 is 4.74 Å². The van der Waals surface area contributed by atoms with E-state index in [9.17, 15) is 0 Å². The molecule has 1 aliphatic heterocycles. The van der Waals surface area contributed by atoms with E-state index in [0.717, 1.165) is 23.6 Å². The Kier molecular flexibility index (Phi) is 4.45. The molecule has 3 fully saturated rings. The van der Waals surface area contributed by atoms with Gasteiger partial charge in [0.2, 0.25) is 0 Å². The van der Waals surface area contributed by atoms with Crippen LogP contribution in [0.4, 0.5) is 0 Å². The van der Waals surface area contributed by atoms with Gasteiger partial charge in [0.1, 0.15) is 5.75 Å². The average Bonchev–Trinajstić information content (AvgIpc) is 3.41. The van der Waals surface area contributed by atoms with Crippen molar-refractivity contribution in [1.29, 1.82) is 0 Å². The fraction of sp³-hybridized carbons (Fsp3) is 0.714. The van der Waals surface area contributed by atoms with Gasteiger partial charge in [-0.05, 0) is 80.2 Å². The molecule has 0 aromatic heterocycles. The second-order valence-corrected chi connectivity index (χ2v) is 8.49. The molecule has 0 N–H and O–H groups in total. The molecular weight excluding hydrogens is 362 g/mol. The van der Waals surface area contributed by atoms with Crippen molar-refractivity contribution in [2.24, 2.45) is 11.8 Å². The lowest BCUT2D eigenvalue weighted by Crippen LogP contribution is -2.61. The maximum Gasteiger partial charge on any atom is 0.119 e. The SMILES string of the molecule is Br.COc1ccc2c(c1)[C@]13CCCCC1[C@H](C2)N(CC1CC1)CC3. The average molecular weight is 392 g/mol. The summed E-state index contributed by atoms with van der Waals surface area (Å²) >= 11 is 0. The Morgan fingerprint density at radius 3 is 2.83 bits per heavy atom. The van der Waals surface area contributed by atoms with Gasteiger partial charge in [-0.3, -0.25) is 4.90 Å². The summed E-state index contributed by atoms with van der Waals surface area (Å²) in [6, 6.07) is 7.75. The summed E-state index contributed by atoms with van der Waals surface area (Å²) in [6.45, 7) is 2.71. The lowest BCUT2D eigenvalue weighted by molar-refractivity contribution is -0.0134. The summed E-state index contributed by atoms with van der Waals surface area (Å²) in [5.74, 6) is 2.97. The Balaban J connectivity index is 0.00000146. The van der Waals surface area contributed by atoms with E-state index in [2.05, 4.69) is 23.1 Å². The molecule has 132 valence electrons. The minimum absolute atomic E-state index is 0. The molecule has 1 aromatic carbocycles. The fourth-order valence-electron chi connectivity index (χ4n) is 6.05. The Morgan fingerprint density at radius 1 is 1.17 bits per heavy atom. The molecule has 2 saturated carbocycles. The lowest BCUT2D eigenvalue weighted by Gasteiger charge is -2.59. The molecule has 0 spiro atoms. The third-order valence-electron chi connectivity index (χ3n) is 7.35. The summed E-state index contributed by atoms with van der Waals surface area (Å²) in [5.41, 5.74) is 3.74. The molecule has 1 heterocycles. The van der Waals surface area contributed by atoms with Crippen LogP contribution in [0.3, 0.4) is 0 Å². The van der Waals surface area contributed by atoms with Crippen LogP contribution in [0.15, 0.2) is 18.2 Å². The number of halogens is 1. The number of benzene rings is 1. The highest BCUT2D eigenvalue weighted by Gasteiger charge is 2.54. The van der Waals surface area contributed by atoms with Crippen molar-refractivity contribution in [2.75, 3.05) is 20.2 Å². The lowest BCUT2D eigenvalue weighted by atomic mass is 9.52. The minimum Gasteiger partial charge on any atom is -0.497 e. The van der Waals surface area contributed by atoms with E-state index in [4.69, 9.17) is 4.74 Å². The van der Waals surface area contributed by atoms with Crippen molar-refractivity contribution in [3.63, 3.8) is 0 Å². The third kappa shape index (κ3) is 2.54. The highest BCUT2D eigenvalue weighted by atomic mass is 79.9. The first-order valence-corrected chi connectivity index (χ1v) is 9.71. The molecule has 3 aliphatic carbocycles. The molecule has 4 aliphatic rings. The Labute approximate surface area is 156 Å². The standard InChI is InChI=1S/C21H29NO.BrH/c1-23-17-8-7-16-12-20-18-4-2-3-9-21(18,19(16)13-17)10-11-22(20)14-15-5-6-15;/h7-8,13,15,18,20H,2-6,9-12,14H2,1H3;1H/t18?,20-,21-;/m0./s1. The van der Waals surface area contributed by atoms with Gasteiger partial charge in [-0.2, -0.15) is 0 Å². The molecule has 2 nitrogen and oxygen atoms in total. The second-order valence-electron chi connectivity index (χ2n) is 8.49. The summed E-state index contributed by atoms with van der Waals surface area (Å²) < 4.78 is 5.57. The van der Waals surface area contributed by atoms with Gasteiger partial charge >= 0.3 is 0 Å². The monoisotopic (exact) mass is 391 g/mol. The van der Waals surface area contributed by atoms with Gasteiger partial charge in [0, 0.05) is 18.0 Å². The summed E-state index contributed by atoms with van der Waals surface area (Å²) in [5, 5.41) is 0. The van der Waals surface area contributed by atoms with Crippen molar-refractivity contribution in [1.82, 2.24) is 4.90 Å².